The first-order valence-electron chi connectivity index (χ1n) is 9.99. The summed E-state index contributed by atoms with van der Waals surface area (Å²) in [6.45, 7) is 4.47. The van der Waals surface area contributed by atoms with Gasteiger partial charge in [-0.3, -0.25) is 0 Å². The maximum absolute atomic E-state index is 4.93. The molecule has 0 bridgehead atoms. The van der Waals surface area contributed by atoms with Gasteiger partial charge in [0.1, 0.15) is 0 Å². The topological polar surface area (TPSA) is 0 Å². The van der Waals surface area contributed by atoms with Crippen LogP contribution in [0.25, 0.3) is 33.0 Å². The first-order chi connectivity index (χ1) is 14.2. The fraction of sp³-hybridized carbons (Fsp3) is 0.192. The molecule has 0 fully saturated rings. The molecule has 0 aromatic heterocycles. The number of benzene rings is 3. The van der Waals surface area contributed by atoms with Gasteiger partial charge in [0, 0.05) is 0 Å². The number of aryl methyl sites for hydroxylation is 2. The Hall–Kier alpha value is -1.27. The minimum atomic E-state index is -0.826. The summed E-state index contributed by atoms with van der Waals surface area (Å²) in [4.78, 5) is 0. The van der Waals surface area contributed by atoms with E-state index in [1.807, 2.05) is 0 Å². The van der Waals surface area contributed by atoms with Gasteiger partial charge in [0.05, 0.1) is 0 Å². The summed E-state index contributed by atoms with van der Waals surface area (Å²) >= 11 is -0.826. The molecule has 0 nitrogen and oxygen atoms in total. The van der Waals surface area contributed by atoms with Crippen molar-refractivity contribution in [2.75, 3.05) is 0 Å². The average Bonchev–Trinajstić information content (AvgIpc) is 3.16. The third-order valence-corrected chi connectivity index (χ3v) is 5.27. The summed E-state index contributed by atoms with van der Waals surface area (Å²) in [6.07, 6.45) is 3.65. The summed E-state index contributed by atoms with van der Waals surface area (Å²) in [7, 11) is 9.87. The predicted molar refractivity (Wildman–Crippen MR) is 125 cm³/mol. The van der Waals surface area contributed by atoms with Crippen molar-refractivity contribution < 1.29 is 20.8 Å². The molecular weight excluding hydrogens is 474 g/mol. The van der Waals surface area contributed by atoms with E-state index in [1.54, 1.807) is 0 Å². The quantitative estimate of drug-likeness (QED) is 0.241. The third kappa shape index (κ3) is 5.46. The van der Waals surface area contributed by atoms with E-state index in [1.165, 1.54) is 63.4 Å². The van der Waals surface area contributed by atoms with E-state index in [9.17, 15) is 0 Å². The summed E-state index contributed by atoms with van der Waals surface area (Å²) in [6, 6.07) is 28.9. The first-order valence-corrected chi connectivity index (χ1v) is 16.3. The maximum atomic E-state index is 4.93. The SMILES string of the molecule is CCCCc1cc2c(-c3ccccc3C)c(-c3ccccc3)ccc2[cH-]1.[Cl][Zr][Cl]. The molecule has 29 heavy (non-hydrogen) atoms. The first kappa shape index (κ1) is 22.4. The van der Waals surface area contributed by atoms with Crippen LogP contribution in [0, 0.1) is 6.92 Å². The molecule has 4 aromatic carbocycles. The van der Waals surface area contributed by atoms with Crippen LogP contribution in [0.2, 0.25) is 0 Å². The average molecular weight is 500 g/mol. The van der Waals surface area contributed by atoms with Gasteiger partial charge in [-0.15, -0.1) is 28.5 Å². The molecule has 4 rings (SSSR count). The second-order valence-electron chi connectivity index (χ2n) is 7.21. The summed E-state index contributed by atoms with van der Waals surface area (Å²) in [5, 5.41) is 2.74. The van der Waals surface area contributed by atoms with Crippen LogP contribution in [-0.4, -0.2) is 0 Å². The zero-order valence-electron chi connectivity index (χ0n) is 16.9. The van der Waals surface area contributed by atoms with Crippen LogP contribution in [0.5, 0.6) is 0 Å². The number of rotatable bonds is 5. The zero-order valence-corrected chi connectivity index (χ0v) is 20.9. The van der Waals surface area contributed by atoms with E-state index in [-0.39, 0.29) is 0 Å². The molecule has 148 valence electrons. The van der Waals surface area contributed by atoms with Crippen molar-refractivity contribution in [3.63, 3.8) is 0 Å². The number of hydrogen-bond acceptors (Lipinski definition) is 0. The van der Waals surface area contributed by atoms with Crippen LogP contribution < -0.4 is 0 Å². The molecule has 0 aliphatic heterocycles. The van der Waals surface area contributed by atoms with Gasteiger partial charge >= 0.3 is 37.9 Å². The van der Waals surface area contributed by atoms with Crippen molar-refractivity contribution in [1.29, 1.82) is 0 Å². The van der Waals surface area contributed by atoms with Gasteiger partial charge in [-0.1, -0.05) is 86.0 Å². The zero-order chi connectivity index (χ0) is 20.6. The van der Waals surface area contributed by atoms with Crippen molar-refractivity contribution in [3.05, 3.63) is 90.0 Å². The molecule has 0 unspecified atom stereocenters. The number of halogens is 2. The number of fused-ring (bicyclic) bond motifs is 1. The molecule has 0 heterocycles. The Kier molecular flexibility index (Phi) is 8.67. The summed E-state index contributed by atoms with van der Waals surface area (Å²) in [5.41, 5.74) is 8.10. The van der Waals surface area contributed by atoms with Crippen molar-refractivity contribution in [3.8, 4) is 22.3 Å². The van der Waals surface area contributed by atoms with E-state index in [4.69, 9.17) is 17.0 Å². The molecule has 0 saturated carbocycles. The normalized spacial score (nSPS) is 10.5. The molecule has 0 saturated heterocycles. The fourth-order valence-electron chi connectivity index (χ4n) is 3.87. The molecule has 0 atom stereocenters. The van der Waals surface area contributed by atoms with Gasteiger partial charge < -0.3 is 0 Å². The van der Waals surface area contributed by atoms with Gasteiger partial charge in [0.2, 0.25) is 0 Å². The van der Waals surface area contributed by atoms with E-state index >= 15 is 0 Å². The second-order valence-corrected chi connectivity index (χ2v) is 10.9. The van der Waals surface area contributed by atoms with Crippen LogP contribution in [0.4, 0.5) is 0 Å². The minimum absolute atomic E-state index is 0.826. The molecule has 3 heteroatoms. The molecule has 0 aliphatic carbocycles. The monoisotopic (exact) mass is 497 g/mol. The van der Waals surface area contributed by atoms with E-state index in [2.05, 4.69) is 92.7 Å². The van der Waals surface area contributed by atoms with Gasteiger partial charge in [-0.25, -0.2) is 0 Å². The molecular formula is C26H25Cl2Zr-. The Morgan fingerprint density at radius 1 is 0.862 bits per heavy atom. The van der Waals surface area contributed by atoms with Crippen molar-refractivity contribution in [1.82, 2.24) is 0 Å². The van der Waals surface area contributed by atoms with Crippen LogP contribution in [-0.2, 0) is 27.3 Å². The standard InChI is InChI=1S/C26H25.2ClH.Zr/c1-3-4-11-20-17-22-15-16-24(21-12-6-5-7-13-21)26(25(22)18-20)23-14-9-8-10-19(23)2;;;/h5-10,12-18H,3-4,11H2,1-2H3;2*1H;/q-1;;;+2/p-2. The third-order valence-electron chi connectivity index (χ3n) is 5.27. The molecule has 0 spiro atoms. The predicted octanol–water partition coefficient (Wildman–Crippen LogP) is 8.92. The van der Waals surface area contributed by atoms with E-state index in [0.717, 1.165) is 0 Å². The Morgan fingerprint density at radius 2 is 1.55 bits per heavy atom. The van der Waals surface area contributed by atoms with Gasteiger partial charge in [0.15, 0.2) is 0 Å². The van der Waals surface area contributed by atoms with Gasteiger partial charge in [0.25, 0.3) is 0 Å². The molecule has 0 aliphatic rings. The molecule has 0 amide bonds. The van der Waals surface area contributed by atoms with Crippen molar-refractivity contribution >= 4 is 27.8 Å². The van der Waals surface area contributed by atoms with Crippen molar-refractivity contribution in [2.45, 2.75) is 33.1 Å². The summed E-state index contributed by atoms with van der Waals surface area (Å²) in [5.74, 6) is 0. The van der Waals surface area contributed by atoms with Gasteiger partial charge in [-0.05, 0) is 35.6 Å². The van der Waals surface area contributed by atoms with Crippen LogP contribution in [0.15, 0.2) is 78.9 Å². The molecule has 0 N–H and O–H groups in total. The Balaban J connectivity index is 0.000000755. The van der Waals surface area contributed by atoms with E-state index in [0.29, 0.717) is 0 Å². The van der Waals surface area contributed by atoms with Crippen LogP contribution in [0.1, 0.15) is 30.9 Å². The Labute approximate surface area is 192 Å². The van der Waals surface area contributed by atoms with Crippen LogP contribution >= 0.6 is 17.0 Å². The summed E-state index contributed by atoms with van der Waals surface area (Å²) < 4.78 is 0. The Morgan fingerprint density at radius 3 is 2.24 bits per heavy atom. The second kappa shape index (κ2) is 11.2. The van der Waals surface area contributed by atoms with Crippen molar-refractivity contribution in [2.24, 2.45) is 0 Å². The molecule has 4 aromatic rings. The fourth-order valence-corrected chi connectivity index (χ4v) is 3.87. The van der Waals surface area contributed by atoms with Gasteiger partial charge in [-0.2, -0.15) is 6.07 Å². The number of hydrogen-bond donors (Lipinski definition) is 0. The van der Waals surface area contributed by atoms with Crippen LogP contribution in [0.3, 0.4) is 0 Å². The number of unbranched alkanes of at least 4 members (excludes halogenated alkanes) is 1. The molecule has 0 radical (unpaired) electrons. The Bertz CT molecular complexity index is 1050. The van der Waals surface area contributed by atoms with E-state index < -0.39 is 20.8 Å².